The number of nitrogens with one attached hydrogen (secondary N) is 1. The molecule has 0 radical (unpaired) electrons. The average molecular weight is 259 g/mol. The van der Waals surface area contributed by atoms with Crippen molar-refractivity contribution in [1.82, 2.24) is 5.32 Å². The fourth-order valence-electron chi connectivity index (χ4n) is 2.50. The predicted octanol–water partition coefficient (Wildman–Crippen LogP) is 4.65. The fraction of sp³-hybridized carbons (Fsp3) is 0.556. The maximum Gasteiger partial charge on any atom is 0.00672 e. The summed E-state index contributed by atoms with van der Waals surface area (Å²) < 4.78 is 0. The summed E-state index contributed by atoms with van der Waals surface area (Å²) in [6.45, 7) is 5.93. The minimum Gasteiger partial charge on any atom is -0.317 e. The monoisotopic (exact) mass is 259 g/mol. The number of benzene rings is 1. The zero-order chi connectivity index (χ0) is 13.9. The van der Waals surface area contributed by atoms with Gasteiger partial charge in [0.15, 0.2) is 0 Å². The molecule has 0 spiro atoms. The van der Waals surface area contributed by atoms with Crippen LogP contribution in [0.3, 0.4) is 0 Å². The normalized spacial score (nSPS) is 12.3. The van der Waals surface area contributed by atoms with E-state index in [9.17, 15) is 0 Å². The van der Waals surface area contributed by atoms with Crippen LogP contribution in [0, 0.1) is 6.92 Å². The van der Waals surface area contributed by atoms with Crippen LogP contribution in [0.1, 0.15) is 49.7 Å². The first kappa shape index (κ1) is 16.0. The van der Waals surface area contributed by atoms with E-state index in [1.807, 2.05) is 6.08 Å². The van der Waals surface area contributed by atoms with E-state index in [4.69, 9.17) is 0 Å². The van der Waals surface area contributed by atoms with E-state index in [1.54, 1.807) is 0 Å². The van der Waals surface area contributed by atoms with Crippen molar-refractivity contribution in [2.45, 2.75) is 57.9 Å². The Morgan fingerprint density at radius 2 is 2.05 bits per heavy atom. The van der Waals surface area contributed by atoms with Crippen LogP contribution in [-0.4, -0.2) is 13.1 Å². The first-order valence-corrected chi connectivity index (χ1v) is 7.60. The molecule has 19 heavy (non-hydrogen) atoms. The second-order valence-corrected chi connectivity index (χ2v) is 5.44. The fourth-order valence-corrected chi connectivity index (χ4v) is 2.50. The van der Waals surface area contributed by atoms with E-state index >= 15 is 0 Å². The van der Waals surface area contributed by atoms with Crippen LogP contribution in [0.25, 0.3) is 0 Å². The minimum atomic E-state index is 0.657. The molecule has 1 aromatic carbocycles. The number of aryl methyl sites for hydroxylation is 2. The van der Waals surface area contributed by atoms with Crippen molar-refractivity contribution in [1.29, 1.82) is 0 Å². The molecule has 0 saturated heterocycles. The van der Waals surface area contributed by atoms with Crippen LogP contribution >= 0.6 is 0 Å². The highest BCUT2D eigenvalue weighted by molar-refractivity contribution is 5.22. The zero-order valence-electron chi connectivity index (χ0n) is 12.6. The van der Waals surface area contributed by atoms with E-state index in [2.05, 4.69) is 50.1 Å². The molecule has 0 aliphatic heterocycles. The third-order valence-electron chi connectivity index (χ3n) is 3.73. The summed E-state index contributed by atoms with van der Waals surface area (Å²) in [7, 11) is 2.09. The highest BCUT2D eigenvalue weighted by Crippen LogP contribution is 2.12. The van der Waals surface area contributed by atoms with Crippen molar-refractivity contribution in [2.24, 2.45) is 0 Å². The summed E-state index contributed by atoms with van der Waals surface area (Å²) in [5, 5.41) is 3.46. The van der Waals surface area contributed by atoms with Gasteiger partial charge < -0.3 is 5.32 Å². The molecule has 106 valence electrons. The van der Waals surface area contributed by atoms with Gasteiger partial charge in [0.2, 0.25) is 0 Å². The van der Waals surface area contributed by atoms with Crippen LogP contribution < -0.4 is 5.32 Å². The predicted molar refractivity (Wildman–Crippen MR) is 85.6 cm³/mol. The lowest BCUT2D eigenvalue weighted by Crippen LogP contribution is -2.25. The Kier molecular flexibility index (Phi) is 8.24. The van der Waals surface area contributed by atoms with E-state index in [0.717, 1.165) is 6.42 Å². The maximum absolute atomic E-state index is 3.77. The number of allylic oxidation sites excluding steroid dienone is 1. The van der Waals surface area contributed by atoms with E-state index < -0.39 is 0 Å². The van der Waals surface area contributed by atoms with Crippen molar-refractivity contribution in [3.63, 3.8) is 0 Å². The summed E-state index contributed by atoms with van der Waals surface area (Å²) in [4.78, 5) is 0. The van der Waals surface area contributed by atoms with Gasteiger partial charge in [-0.15, -0.1) is 6.58 Å². The molecule has 1 unspecified atom stereocenters. The molecule has 1 N–H and O–H groups in total. The molecule has 0 aliphatic carbocycles. The third kappa shape index (κ3) is 7.17. The molecule has 1 nitrogen and oxygen atoms in total. The lowest BCUT2D eigenvalue weighted by Gasteiger charge is -2.16. The second kappa shape index (κ2) is 9.80. The van der Waals surface area contributed by atoms with E-state index in [1.165, 1.54) is 49.7 Å². The van der Waals surface area contributed by atoms with Gasteiger partial charge >= 0.3 is 0 Å². The topological polar surface area (TPSA) is 12.0 Å². The molecule has 1 heteroatoms. The summed E-state index contributed by atoms with van der Waals surface area (Å²) in [5.74, 6) is 0. The molecule has 1 rings (SSSR count). The van der Waals surface area contributed by atoms with Crippen LogP contribution in [0.2, 0.25) is 0 Å². The zero-order valence-corrected chi connectivity index (χ0v) is 12.6. The third-order valence-corrected chi connectivity index (χ3v) is 3.73. The van der Waals surface area contributed by atoms with Gasteiger partial charge in [0.05, 0.1) is 0 Å². The Hall–Kier alpha value is -1.08. The SMILES string of the molecule is C=CCCCCCC(CCc1cccc(C)c1)NC. The standard InChI is InChI=1S/C18H29N/c1-4-5-6-7-8-12-18(19-3)14-13-17-11-9-10-16(2)15-17/h4,9-11,15,18-19H,1,5-8,12-14H2,2-3H3. The summed E-state index contributed by atoms with van der Waals surface area (Å²) in [6, 6.07) is 9.53. The Labute approximate surface area is 119 Å². The second-order valence-electron chi connectivity index (χ2n) is 5.44. The molecule has 0 amide bonds. The Bertz CT molecular complexity index is 356. The number of rotatable bonds is 10. The van der Waals surface area contributed by atoms with Gasteiger partial charge in [-0.05, 0) is 51.6 Å². The van der Waals surface area contributed by atoms with Gasteiger partial charge in [-0.25, -0.2) is 0 Å². The van der Waals surface area contributed by atoms with Gasteiger partial charge in [0.1, 0.15) is 0 Å². The first-order valence-electron chi connectivity index (χ1n) is 7.60. The van der Waals surface area contributed by atoms with Crippen molar-refractivity contribution in [2.75, 3.05) is 7.05 Å². The molecule has 0 aliphatic rings. The quantitative estimate of drug-likeness (QED) is 0.476. The lowest BCUT2D eigenvalue weighted by molar-refractivity contribution is 0.463. The summed E-state index contributed by atoms with van der Waals surface area (Å²) >= 11 is 0. The van der Waals surface area contributed by atoms with E-state index in [0.29, 0.717) is 6.04 Å². The smallest absolute Gasteiger partial charge is 0.00672 e. The van der Waals surface area contributed by atoms with Crippen LogP contribution in [0.4, 0.5) is 0 Å². The van der Waals surface area contributed by atoms with Gasteiger partial charge in [-0.3, -0.25) is 0 Å². The molecule has 1 atom stereocenters. The Balaban J connectivity index is 2.22. The van der Waals surface area contributed by atoms with Crippen molar-refractivity contribution in [3.8, 4) is 0 Å². The van der Waals surface area contributed by atoms with Crippen molar-refractivity contribution >= 4 is 0 Å². The molecule has 0 aromatic heterocycles. The van der Waals surface area contributed by atoms with Crippen LogP contribution in [-0.2, 0) is 6.42 Å². The number of hydrogen-bond acceptors (Lipinski definition) is 1. The van der Waals surface area contributed by atoms with Crippen molar-refractivity contribution < 1.29 is 0 Å². The maximum atomic E-state index is 3.77. The molecule has 0 saturated carbocycles. The molecule has 0 fully saturated rings. The van der Waals surface area contributed by atoms with Crippen LogP contribution in [0.15, 0.2) is 36.9 Å². The van der Waals surface area contributed by atoms with Gasteiger partial charge in [0, 0.05) is 6.04 Å². The van der Waals surface area contributed by atoms with E-state index in [-0.39, 0.29) is 0 Å². The highest BCUT2D eigenvalue weighted by atomic mass is 14.9. The largest absolute Gasteiger partial charge is 0.317 e. The van der Waals surface area contributed by atoms with Crippen molar-refractivity contribution in [3.05, 3.63) is 48.0 Å². The van der Waals surface area contributed by atoms with Gasteiger partial charge in [-0.2, -0.15) is 0 Å². The number of unbranched alkanes of at least 4 members (excludes halogenated alkanes) is 3. The Morgan fingerprint density at radius 1 is 1.21 bits per heavy atom. The molecule has 1 aromatic rings. The molecule has 0 heterocycles. The molecular weight excluding hydrogens is 230 g/mol. The van der Waals surface area contributed by atoms with Gasteiger partial charge in [-0.1, -0.05) is 48.7 Å². The number of hydrogen-bond donors (Lipinski definition) is 1. The minimum absolute atomic E-state index is 0.657. The first-order chi connectivity index (χ1) is 9.26. The lowest BCUT2D eigenvalue weighted by atomic mass is 9.99. The van der Waals surface area contributed by atoms with Crippen LogP contribution in [0.5, 0.6) is 0 Å². The average Bonchev–Trinajstić information content (AvgIpc) is 2.42. The summed E-state index contributed by atoms with van der Waals surface area (Å²) in [5.41, 5.74) is 2.83. The summed E-state index contributed by atoms with van der Waals surface area (Å²) in [6.07, 6.45) is 10.8. The molecular formula is C18H29N. The highest BCUT2D eigenvalue weighted by Gasteiger charge is 2.06. The van der Waals surface area contributed by atoms with Gasteiger partial charge in [0.25, 0.3) is 0 Å². The Morgan fingerprint density at radius 3 is 2.74 bits per heavy atom. The molecule has 0 bridgehead atoms.